The van der Waals surface area contributed by atoms with E-state index in [9.17, 15) is 4.79 Å². The van der Waals surface area contributed by atoms with Gasteiger partial charge < -0.3 is 5.32 Å². The number of hydrogen-bond acceptors (Lipinski definition) is 4. The number of aromatic nitrogens is 2. The van der Waals surface area contributed by atoms with Crippen molar-refractivity contribution in [3.8, 4) is 0 Å². The second-order valence-electron chi connectivity index (χ2n) is 4.95. The van der Waals surface area contributed by atoms with E-state index >= 15 is 0 Å². The fourth-order valence-corrected chi connectivity index (χ4v) is 2.53. The van der Waals surface area contributed by atoms with Gasteiger partial charge in [0.2, 0.25) is 5.91 Å². The molecule has 5 heteroatoms. The Labute approximate surface area is 108 Å². The zero-order valence-electron chi connectivity index (χ0n) is 11.0. The second-order valence-corrected chi connectivity index (χ2v) is 4.95. The molecule has 1 aromatic heterocycles. The topological polar surface area (TPSA) is 58.1 Å². The van der Waals surface area contributed by atoms with Gasteiger partial charge in [-0.3, -0.25) is 9.69 Å². The first kappa shape index (κ1) is 13.0. The lowest BCUT2D eigenvalue weighted by Crippen LogP contribution is -2.62. The Kier molecular flexibility index (Phi) is 3.91. The molecule has 2 rings (SSSR count). The molecule has 0 spiro atoms. The standard InChI is InChI=1S/C13H20N4O/c1-3-4-13(2)12(18)16-5-6-17(13)9-11-7-14-10-15-8-11/h7-8,10H,3-6,9H2,1-2H3,(H,16,18)/t13-/m1/s1. The highest BCUT2D eigenvalue weighted by Gasteiger charge is 2.40. The average molecular weight is 248 g/mol. The van der Waals surface area contributed by atoms with Gasteiger partial charge in [-0.2, -0.15) is 0 Å². The summed E-state index contributed by atoms with van der Waals surface area (Å²) in [6, 6.07) is 0. The van der Waals surface area contributed by atoms with Crippen LogP contribution >= 0.6 is 0 Å². The Morgan fingerprint density at radius 3 is 2.83 bits per heavy atom. The largest absolute Gasteiger partial charge is 0.353 e. The summed E-state index contributed by atoms with van der Waals surface area (Å²) in [5, 5.41) is 2.96. The Hall–Kier alpha value is -1.49. The Morgan fingerprint density at radius 2 is 2.17 bits per heavy atom. The van der Waals surface area contributed by atoms with Crippen LogP contribution in [0.3, 0.4) is 0 Å². The molecule has 0 saturated carbocycles. The molecule has 0 radical (unpaired) electrons. The van der Waals surface area contributed by atoms with Crippen molar-refractivity contribution < 1.29 is 4.79 Å². The zero-order valence-corrected chi connectivity index (χ0v) is 11.0. The molecule has 1 aliphatic heterocycles. The van der Waals surface area contributed by atoms with Crippen molar-refractivity contribution in [2.45, 2.75) is 38.8 Å². The maximum atomic E-state index is 12.1. The number of carbonyl (C=O) groups excluding carboxylic acids is 1. The second kappa shape index (κ2) is 5.44. The molecule has 1 fully saturated rings. The summed E-state index contributed by atoms with van der Waals surface area (Å²) in [6.45, 7) is 6.44. The molecule has 1 atom stereocenters. The van der Waals surface area contributed by atoms with Gasteiger partial charge in [0.05, 0.1) is 5.54 Å². The number of hydrogen-bond donors (Lipinski definition) is 1. The number of nitrogens with one attached hydrogen (secondary N) is 1. The van der Waals surface area contributed by atoms with Crippen molar-refractivity contribution in [2.24, 2.45) is 0 Å². The van der Waals surface area contributed by atoms with Gasteiger partial charge in [-0.25, -0.2) is 9.97 Å². The lowest BCUT2D eigenvalue weighted by Gasteiger charge is -2.43. The summed E-state index contributed by atoms with van der Waals surface area (Å²) in [4.78, 5) is 22.4. The van der Waals surface area contributed by atoms with Crippen LogP contribution in [0, 0.1) is 0 Å². The molecule has 1 aliphatic rings. The first-order chi connectivity index (χ1) is 8.66. The molecule has 5 nitrogen and oxygen atoms in total. The molecule has 1 amide bonds. The number of amides is 1. The highest BCUT2D eigenvalue weighted by Crippen LogP contribution is 2.25. The molecular weight excluding hydrogens is 228 g/mol. The minimum absolute atomic E-state index is 0.132. The molecule has 0 aromatic carbocycles. The van der Waals surface area contributed by atoms with Crippen LogP contribution in [0.2, 0.25) is 0 Å². The third kappa shape index (κ3) is 2.51. The van der Waals surface area contributed by atoms with Crippen LogP contribution in [0.5, 0.6) is 0 Å². The summed E-state index contributed by atoms with van der Waals surface area (Å²) in [5.74, 6) is 0.132. The van der Waals surface area contributed by atoms with Crippen LogP contribution in [0.4, 0.5) is 0 Å². The number of nitrogens with zero attached hydrogens (tertiary/aromatic N) is 3. The van der Waals surface area contributed by atoms with Crippen molar-refractivity contribution in [3.63, 3.8) is 0 Å². The van der Waals surface area contributed by atoms with Crippen molar-refractivity contribution in [1.29, 1.82) is 0 Å². The fourth-order valence-electron chi connectivity index (χ4n) is 2.53. The molecular formula is C13H20N4O. The van der Waals surface area contributed by atoms with Crippen molar-refractivity contribution in [3.05, 3.63) is 24.3 Å². The Bertz CT molecular complexity index is 409. The van der Waals surface area contributed by atoms with Crippen LogP contribution in [-0.2, 0) is 11.3 Å². The summed E-state index contributed by atoms with van der Waals surface area (Å²) in [6.07, 6.45) is 7.01. The predicted octanol–water partition coefficient (Wildman–Crippen LogP) is 0.967. The zero-order chi connectivity index (χ0) is 13.0. The van der Waals surface area contributed by atoms with Crippen LogP contribution < -0.4 is 5.32 Å². The highest BCUT2D eigenvalue weighted by atomic mass is 16.2. The molecule has 0 bridgehead atoms. The molecule has 0 unspecified atom stereocenters. The summed E-state index contributed by atoms with van der Waals surface area (Å²) in [7, 11) is 0. The predicted molar refractivity (Wildman–Crippen MR) is 68.8 cm³/mol. The Balaban J connectivity index is 2.16. The first-order valence-electron chi connectivity index (χ1n) is 6.44. The van der Waals surface area contributed by atoms with Gasteiger partial charge in [0.15, 0.2) is 0 Å². The van der Waals surface area contributed by atoms with E-state index in [0.717, 1.165) is 31.5 Å². The quantitative estimate of drug-likeness (QED) is 0.862. The van der Waals surface area contributed by atoms with Gasteiger partial charge >= 0.3 is 0 Å². The first-order valence-corrected chi connectivity index (χ1v) is 6.44. The lowest BCUT2D eigenvalue weighted by atomic mass is 9.90. The van der Waals surface area contributed by atoms with Gasteiger partial charge in [-0.1, -0.05) is 13.3 Å². The number of rotatable bonds is 4. The van der Waals surface area contributed by atoms with E-state index < -0.39 is 5.54 Å². The van der Waals surface area contributed by atoms with Crippen molar-refractivity contribution in [2.75, 3.05) is 13.1 Å². The van der Waals surface area contributed by atoms with Crippen LogP contribution in [-0.4, -0.2) is 39.4 Å². The van der Waals surface area contributed by atoms with E-state index in [2.05, 4.69) is 27.1 Å². The number of piperazine rings is 1. The number of carbonyl (C=O) groups is 1. The van der Waals surface area contributed by atoms with Gasteiger partial charge in [-0.15, -0.1) is 0 Å². The van der Waals surface area contributed by atoms with E-state index in [1.54, 1.807) is 0 Å². The van der Waals surface area contributed by atoms with Gasteiger partial charge in [0, 0.05) is 37.6 Å². The van der Waals surface area contributed by atoms with Gasteiger partial charge in [0.1, 0.15) is 6.33 Å². The molecule has 1 saturated heterocycles. The monoisotopic (exact) mass is 248 g/mol. The minimum atomic E-state index is -0.414. The smallest absolute Gasteiger partial charge is 0.240 e. The molecule has 1 N–H and O–H groups in total. The van der Waals surface area contributed by atoms with Crippen LogP contribution in [0.25, 0.3) is 0 Å². The van der Waals surface area contributed by atoms with E-state index in [-0.39, 0.29) is 5.91 Å². The van der Waals surface area contributed by atoms with Crippen LogP contribution in [0.1, 0.15) is 32.3 Å². The van der Waals surface area contributed by atoms with Gasteiger partial charge in [0.25, 0.3) is 0 Å². The summed E-state index contributed by atoms with van der Waals surface area (Å²) >= 11 is 0. The highest BCUT2D eigenvalue weighted by molar-refractivity contribution is 5.86. The molecule has 18 heavy (non-hydrogen) atoms. The minimum Gasteiger partial charge on any atom is -0.353 e. The van der Waals surface area contributed by atoms with E-state index in [0.29, 0.717) is 6.54 Å². The maximum absolute atomic E-state index is 12.1. The summed E-state index contributed by atoms with van der Waals surface area (Å²) < 4.78 is 0. The van der Waals surface area contributed by atoms with Crippen LogP contribution in [0.15, 0.2) is 18.7 Å². The third-order valence-electron chi connectivity index (χ3n) is 3.58. The molecule has 0 aliphatic carbocycles. The SMILES string of the molecule is CCC[C@]1(C)C(=O)NCCN1Cc1cncnc1. The molecule has 2 heterocycles. The fraction of sp³-hybridized carbons (Fsp3) is 0.615. The molecule has 1 aromatic rings. The van der Waals surface area contributed by atoms with Crippen molar-refractivity contribution >= 4 is 5.91 Å². The maximum Gasteiger partial charge on any atom is 0.240 e. The van der Waals surface area contributed by atoms with E-state index in [1.807, 2.05) is 19.3 Å². The van der Waals surface area contributed by atoms with Gasteiger partial charge in [-0.05, 0) is 13.3 Å². The Morgan fingerprint density at radius 1 is 1.44 bits per heavy atom. The molecule has 98 valence electrons. The average Bonchev–Trinajstić information content (AvgIpc) is 2.37. The third-order valence-corrected chi connectivity index (χ3v) is 3.58. The van der Waals surface area contributed by atoms with Crippen molar-refractivity contribution in [1.82, 2.24) is 20.2 Å². The lowest BCUT2D eigenvalue weighted by molar-refractivity contribution is -0.137. The normalized spacial score (nSPS) is 24.9. The van der Waals surface area contributed by atoms with E-state index in [4.69, 9.17) is 0 Å². The van der Waals surface area contributed by atoms with E-state index in [1.165, 1.54) is 6.33 Å². The summed E-state index contributed by atoms with van der Waals surface area (Å²) in [5.41, 5.74) is 0.637.